The maximum absolute atomic E-state index is 15.0. The number of esters is 1. The molecule has 0 bridgehead atoms. The molecule has 538 valence electrons. The summed E-state index contributed by atoms with van der Waals surface area (Å²) >= 11 is 0. The normalized spacial score (nSPS) is 13.3. The van der Waals surface area contributed by atoms with Gasteiger partial charge in [0.15, 0.2) is 17.9 Å². The second-order valence-electron chi connectivity index (χ2n) is 21.8. The van der Waals surface area contributed by atoms with Crippen molar-refractivity contribution in [1.82, 2.24) is 69.1 Å². The van der Waals surface area contributed by atoms with Crippen LogP contribution in [0.25, 0.3) is 10.8 Å². The largest absolute Gasteiger partial charge is 0.497 e. The van der Waals surface area contributed by atoms with Gasteiger partial charge in [-0.1, -0.05) is 87.3 Å². The highest BCUT2D eigenvalue weighted by molar-refractivity contribution is 5.98. The summed E-state index contributed by atoms with van der Waals surface area (Å²) in [5.41, 5.74) is 18.7. The van der Waals surface area contributed by atoms with Gasteiger partial charge in [-0.3, -0.25) is 62.9 Å². The van der Waals surface area contributed by atoms with Crippen LogP contribution in [0.2, 0.25) is 0 Å². The Labute approximate surface area is 571 Å². The Kier molecular flexibility index (Phi) is 39.1. The van der Waals surface area contributed by atoms with Crippen LogP contribution in [0.5, 0.6) is 5.75 Å². The molecule has 33 heteroatoms. The monoisotopic (exact) mass is 1370 g/mol. The summed E-state index contributed by atoms with van der Waals surface area (Å²) in [7, 11) is 7.25. The van der Waals surface area contributed by atoms with Gasteiger partial charge in [-0.2, -0.15) is 0 Å². The number of alkyl carbamates (subject to hydrolysis) is 1. The fraction of sp³-hybridized carbons (Fsp3) is 0.477. The molecule has 3 rings (SSSR count). The molecule has 0 unspecified atom stereocenters. The van der Waals surface area contributed by atoms with E-state index in [2.05, 4.69) is 97.3 Å². The van der Waals surface area contributed by atoms with E-state index < -0.39 is 121 Å². The number of hydrogen-bond donors (Lipinski definition) is 16. The highest BCUT2D eigenvalue weighted by Crippen LogP contribution is 2.18. The molecular formula is C65H99N19O14. The Hall–Kier alpha value is -11.0. The van der Waals surface area contributed by atoms with E-state index in [1.807, 2.05) is 36.4 Å². The average molecular weight is 1370 g/mol. The summed E-state index contributed by atoms with van der Waals surface area (Å²) in [5.74, 6) is -7.29. The summed E-state index contributed by atoms with van der Waals surface area (Å²) in [6.07, 6.45) is 1.31. The first-order chi connectivity index (χ1) is 46.5. The van der Waals surface area contributed by atoms with Crippen LogP contribution < -0.4 is 91.1 Å². The minimum Gasteiger partial charge on any atom is -0.497 e. The second-order valence-corrected chi connectivity index (χ2v) is 21.8. The number of amides is 10. The van der Waals surface area contributed by atoms with Crippen molar-refractivity contribution < 1.29 is 67.0 Å². The minimum atomic E-state index is -1.47. The molecule has 0 heterocycles. The molecule has 10 amide bonds. The lowest BCUT2D eigenvalue weighted by molar-refractivity contribution is -0.143. The number of nitrogens with one attached hydrogen (secondary N) is 13. The second kappa shape index (κ2) is 46.2. The third kappa shape index (κ3) is 31.9. The lowest BCUT2D eigenvalue weighted by atomic mass is 10.00. The molecule has 33 nitrogen and oxygen atoms in total. The van der Waals surface area contributed by atoms with Crippen molar-refractivity contribution in [2.45, 2.75) is 121 Å². The van der Waals surface area contributed by atoms with Gasteiger partial charge in [0.25, 0.3) is 0 Å². The zero-order chi connectivity index (χ0) is 71.7. The number of ether oxygens (including phenoxy) is 3. The molecule has 0 aromatic heterocycles. The predicted molar refractivity (Wildman–Crippen MR) is 372 cm³/mol. The molecular weight excluding hydrogens is 1270 g/mol. The Morgan fingerprint density at radius 3 is 1.43 bits per heavy atom. The Balaban J connectivity index is 0.0000327. The first kappa shape index (κ1) is 83.1. The lowest BCUT2D eigenvalue weighted by Gasteiger charge is -2.27. The Bertz CT molecular complexity index is 3240. The number of hydrogen-bond acceptors (Lipinski definition) is 17. The number of rotatable bonds is 42. The summed E-state index contributed by atoms with van der Waals surface area (Å²) in [6, 6.07) is 9.52. The van der Waals surface area contributed by atoms with Crippen LogP contribution in [0.15, 0.2) is 107 Å². The molecule has 7 atom stereocenters. The number of methoxy groups -OCH3 is 1. The molecule has 0 spiro atoms. The maximum Gasteiger partial charge on any atom is 0.407 e. The Morgan fingerprint density at radius 2 is 0.939 bits per heavy atom. The zero-order valence-electron chi connectivity index (χ0n) is 55.8. The number of fused-ring (bicyclic) bond motifs is 1. The number of benzene rings is 3. The topological polar surface area (TPSA) is 487 Å². The summed E-state index contributed by atoms with van der Waals surface area (Å²) in [4.78, 5) is 163. The third-order valence-corrected chi connectivity index (χ3v) is 14.5. The lowest BCUT2D eigenvalue weighted by Crippen LogP contribution is -2.60. The molecule has 0 saturated carbocycles. The summed E-state index contributed by atoms with van der Waals surface area (Å²) < 4.78 is 15.4. The van der Waals surface area contributed by atoms with E-state index in [4.69, 9.17) is 31.4 Å². The molecule has 19 N–H and O–H groups in total. The third-order valence-electron chi connectivity index (χ3n) is 14.5. The van der Waals surface area contributed by atoms with E-state index in [-0.39, 0.29) is 109 Å². The summed E-state index contributed by atoms with van der Waals surface area (Å²) in [6.45, 7) is 7.24. The van der Waals surface area contributed by atoms with Crippen LogP contribution in [0.3, 0.4) is 0 Å². The maximum atomic E-state index is 15.0. The number of nitrogens with two attached hydrogens (primary N) is 3. The van der Waals surface area contributed by atoms with Gasteiger partial charge in [-0.15, -0.1) is 0 Å². The molecule has 98 heavy (non-hydrogen) atoms. The smallest absolute Gasteiger partial charge is 0.407 e. The van der Waals surface area contributed by atoms with Crippen LogP contribution >= 0.6 is 0 Å². The van der Waals surface area contributed by atoms with Gasteiger partial charge in [0.05, 0.1) is 20.2 Å². The van der Waals surface area contributed by atoms with Gasteiger partial charge in [0.1, 0.15) is 61.3 Å². The highest BCUT2D eigenvalue weighted by atomic mass is 16.5. The van der Waals surface area contributed by atoms with E-state index in [1.165, 1.54) is 47.5 Å². The first-order valence-corrected chi connectivity index (χ1v) is 31.3. The van der Waals surface area contributed by atoms with E-state index in [0.29, 0.717) is 29.8 Å². The van der Waals surface area contributed by atoms with Crippen LogP contribution in [-0.2, 0) is 70.3 Å². The number of carbonyl (C=O) groups is 11. The predicted octanol–water partition coefficient (Wildman–Crippen LogP) is -2.09. The summed E-state index contributed by atoms with van der Waals surface area (Å²) in [5, 5.41) is 36.3. The van der Waals surface area contributed by atoms with Crippen molar-refractivity contribution in [3.63, 3.8) is 0 Å². The van der Waals surface area contributed by atoms with Gasteiger partial charge in [-0.05, 0) is 79.0 Å². The van der Waals surface area contributed by atoms with Crippen LogP contribution in [-0.4, -0.2) is 207 Å². The molecule has 0 aliphatic carbocycles. The number of nitrogens with zero attached hydrogens (tertiary/aromatic N) is 3. The van der Waals surface area contributed by atoms with Gasteiger partial charge in [-0.25, -0.2) is 4.79 Å². The van der Waals surface area contributed by atoms with Crippen molar-refractivity contribution in [3.8, 4) is 5.75 Å². The molecule has 0 aliphatic rings. The fourth-order valence-corrected chi connectivity index (χ4v) is 9.28. The molecule has 3 aromatic rings. The van der Waals surface area contributed by atoms with Crippen molar-refractivity contribution in [3.05, 3.63) is 103 Å². The van der Waals surface area contributed by atoms with E-state index >= 15 is 0 Å². The quantitative estimate of drug-likeness (QED) is 0.00951. The molecule has 0 aliphatic heterocycles. The number of aliphatic imine (C=N–C) groups is 3. The van der Waals surface area contributed by atoms with Crippen LogP contribution in [0.1, 0.15) is 76.8 Å². The standard InChI is InChI=1S/C64H95N19O14.CH4/c1-9-32-96-53(86)28-27-48(58(91)79-45(54(87)68-4)18-13-29-72-61(65)69-5)78-52(85)38-75-55(88)49(36-41-21-24-42-16-11-12-17-43(42)34-41)82-57(90)47(20-15-31-74-63(67)71-7)80-56(89)46(19-14-30-73-62(66)70-6)81-59(92)50(35-40-22-25-44(95-8)26-23-40)83-60(93)51(77-39(3)84)37-76-64(94)97-33-10-2;/h9-12,16-17,21-26,34,45-51H,1-2,13-15,18-20,27-33,35-38H2,3-8H3,(H,68,87)(H,75,88)(H,76,94)(H,77,84)(H,78,85)(H,79,91)(H,80,89)(H,81,92)(H,82,90)(H,83,93)(H3,65,69,72)(H3,66,70,73)(H3,67,71,74);1H4/t45-,46-,47+,48-,49-,50-,51-;/m0./s1. The van der Waals surface area contributed by atoms with Gasteiger partial charge >= 0.3 is 12.1 Å². The highest BCUT2D eigenvalue weighted by Gasteiger charge is 2.34. The fourth-order valence-electron chi connectivity index (χ4n) is 9.28. The van der Waals surface area contributed by atoms with Gasteiger partial charge < -0.3 is 101 Å². The average Bonchev–Trinajstić information content (AvgIpc) is 0.846. The molecule has 0 saturated heterocycles. The van der Waals surface area contributed by atoms with Crippen LogP contribution in [0.4, 0.5) is 4.79 Å². The van der Waals surface area contributed by atoms with Crippen molar-refractivity contribution in [2.24, 2.45) is 32.2 Å². The molecule has 3 aromatic carbocycles. The van der Waals surface area contributed by atoms with Gasteiger partial charge in [0, 0.05) is 74.0 Å². The van der Waals surface area contributed by atoms with Crippen molar-refractivity contribution in [2.75, 3.05) is 81.2 Å². The number of carbonyl (C=O) groups excluding carboxylic acids is 11. The number of likely N-dealkylation sites (N-methyl/N-ethyl adjacent to an activating group) is 1. The molecule has 0 radical (unpaired) electrons. The Morgan fingerprint density at radius 1 is 0.500 bits per heavy atom. The zero-order valence-corrected chi connectivity index (χ0v) is 55.8. The van der Waals surface area contributed by atoms with Crippen molar-refractivity contribution in [1.29, 1.82) is 0 Å². The van der Waals surface area contributed by atoms with E-state index in [1.54, 1.807) is 30.3 Å². The number of guanidine groups is 3. The van der Waals surface area contributed by atoms with E-state index in [0.717, 1.165) is 17.7 Å². The molecule has 0 fully saturated rings. The minimum absolute atomic E-state index is 0. The SMILES string of the molecule is C.C=CCOC(=O)CC[C@H](NC(=O)CNC(=O)[C@H](Cc1ccc2ccccc2c1)NC(=O)[C@@H](CCCNC(N)=NC)NC(=O)[C@H](CCCNC(N)=NC)NC(=O)[C@H](Cc1ccc(OC)cc1)NC(=O)[C@H](CNC(=O)OCC=C)NC(C)=O)C(=O)N[C@@H](CCCNC(N)=NC)C(=O)NC. The van der Waals surface area contributed by atoms with Gasteiger partial charge in [0.2, 0.25) is 53.2 Å². The van der Waals surface area contributed by atoms with Crippen molar-refractivity contribution >= 4 is 93.9 Å². The first-order valence-electron chi connectivity index (χ1n) is 31.3. The van der Waals surface area contributed by atoms with E-state index in [9.17, 15) is 52.7 Å². The van der Waals surface area contributed by atoms with Crippen LogP contribution in [0, 0.1) is 0 Å².